The molecule has 1 aromatic heterocycles. The number of aryl methyl sites for hydroxylation is 1. The van der Waals surface area contributed by atoms with E-state index in [4.69, 9.17) is 10.5 Å². The van der Waals surface area contributed by atoms with Gasteiger partial charge in [0.1, 0.15) is 5.75 Å². The Kier molecular flexibility index (Phi) is 5.56. The van der Waals surface area contributed by atoms with Crippen molar-refractivity contribution in [3.63, 3.8) is 0 Å². The van der Waals surface area contributed by atoms with Gasteiger partial charge in [0, 0.05) is 28.5 Å². The van der Waals surface area contributed by atoms with Crippen molar-refractivity contribution in [1.29, 1.82) is 0 Å². The van der Waals surface area contributed by atoms with E-state index in [0.29, 0.717) is 6.61 Å². The Morgan fingerprint density at radius 2 is 2.00 bits per heavy atom. The maximum Gasteiger partial charge on any atom is 0.124 e. The minimum atomic E-state index is -0.0392. The predicted octanol–water partition coefficient (Wildman–Crippen LogP) is 3.88. The van der Waals surface area contributed by atoms with Crippen molar-refractivity contribution in [1.82, 2.24) is 4.98 Å². The van der Waals surface area contributed by atoms with Crippen molar-refractivity contribution in [2.24, 2.45) is 5.73 Å². The second kappa shape index (κ2) is 7.41. The highest BCUT2D eigenvalue weighted by atomic mass is 79.9. The van der Waals surface area contributed by atoms with Crippen LogP contribution in [0.15, 0.2) is 47.2 Å². The molecule has 0 aliphatic heterocycles. The van der Waals surface area contributed by atoms with Gasteiger partial charge in [0.05, 0.1) is 6.61 Å². The quantitative estimate of drug-likeness (QED) is 0.815. The van der Waals surface area contributed by atoms with Crippen molar-refractivity contribution < 1.29 is 4.74 Å². The van der Waals surface area contributed by atoms with Gasteiger partial charge in [0.25, 0.3) is 0 Å². The van der Waals surface area contributed by atoms with Gasteiger partial charge in [0.15, 0.2) is 0 Å². The van der Waals surface area contributed by atoms with Gasteiger partial charge in [-0.1, -0.05) is 15.9 Å². The van der Waals surface area contributed by atoms with Crippen LogP contribution in [-0.4, -0.2) is 11.6 Å². The lowest BCUT2D eigenvalue weighted by molar-refractivity contribution is 0.306. The zero-order valence-electron chi connectivity index (χ0n) is 11.6. The number of halogens is 1. The molecule has 0 aliphatic rings. The van der Waals surface area contributed by atoms with E-state index < -0.39 is 0 Å². The Hall–Kier alpha value is -1.39. The molecule has 0 bridgehead atoms. The fraction of sp³-hybridized carbons (Fsp3) is 0.312. The fourth-order valence-electron chi connectivity index (χ4n) is 2.01. The molecule has 0 saturated heterocycles. The summed E-state index contributed by atoms with van der Waals surface area (Å²) in [4.78, 5) is 4.01. The summed E-state index contributed by atoms with van der Waals surface area (Å²) in [5, 5.41) is 0. The lowest BCUT2D eigenvalue weighted by Gasteiger charge is -2.14. The van der Waals surface area contributed by atoms with E-state index in [1.165, 1.54) is 5.56 Å². The average molecular weight is 335 g/mol. The molecule has 0 spiro atoms. The number of aromatic nitrogens is 1. The lowest BCUT2D eigenvalue weighted by atomic mass is 10.1. The van der Waals surface area contributed by atoms with Gasteiger partial charge in [-0.3, -0.25) is 4.98 Å². The van der Waals surface area contributed by atoms with E-state index in [1.807, 2.05) is 49.6 Å². The summed E-state index contributed by atoms with van der Waals surface area (Å²) < 4.78 is 6.88. The Balaban J connectivity index is 1.88. The molecule has 2 N–H and O–H groups in total. The molecular formula is C16H19BrN2O. The summed E-state index contributed by atoms with van der Waals surface area (Å²) in [6.07, 6.45) is 5.60. The molecule has 0 saturated carbocycles. The smallest absolute Gasteiger partial charge is 0.124 e. The summed E-state index contributed by atoms with van der Waals surface area (Å²) in [7, 11) is 0. The summed E-state index contributed by atoms with van der Waals surface area (Å²) >= 11 is 3.46. The second-order valence-electron chi connectivity index (χ2n) is 4.78. The maximum atomic E-state index is 5.97. The monoisotopic (exact) mass is 334 g/mol. The Bertz CT molecular complexity index is 543. The molecule has 0 amide bonds. The van der Waals surface area contributed by atoms with Crippen molar-refractivity contribution in [2.75, 3.05) is 6.61 Å². The Morgan fingerprint density at radius 3 is 2.70 bits per heavy atom. The van der Waals surface area contributed by atoms with Crippen LogP contribution in [0.3, 0.4) is 0 Å². The fourth-order valence-corrected chi connectivity index (χ4v) is 2.39. The zero-order valence-corrected chi connectivity index (χ0v) is 13.1. The number of pyridine rings is 1. The molecule has 4 heteroatoms. The molecule has 1 heterocycles. The number of benzene rings is 1. The molecule has 1 unspecified atom stereocenters. The highest BCUT2D eigenvalue weighted by Crippen LogP contribution is 2.27. The van der Waals surface area contributed by atoms with Gasteiger partial charge < -0.3 is 10.5 Å². The minimum absolute atomic E-state index is 0.0392. The van der Waals surface area contributed by atoms with Crippen LogP contribution >= 0.6 is 15.9 Å². The van der Waals surface area contributed by atoms with Crippen LogP contribution in [0.2, 0.25) is 0 Å². The average Bonchev–Trinajstić information content (AvgIpc) is 2.45. The van der Waals surface area contributed by atoms with Gasteiger partial charge >= 0.3 is 0 Å². The summed E-state index contributed by atoms with van der Waals surface area (Å²) in [6, 6.07) is 9.99. The first-order valence-electron chi connectivity index (χ1n) is 6.73. The normalized spacial score (nSPS) is 12.2. The van der Waals surface area contributed by atoms with E-state index in [-0.39, 0.29) is 6.04 Å². The number of rotatable bonds is 6. The van der Waals surface area contributed by atoms with Crippen molar-refractivity contribution >= 4 is 15.9 Å². The van der Waals surface area contributed by atoms with E-state index in [2.05, 4.69) is 20.9 Å². The van der Waals surface area contributed by atoms with Crippen molar-refractivity contribution in [3.8, 4) is 5.75 Å². The molecule has 2 aromatic rings. The molecule has 20 heavy (non-hydrogen) atoms. The van der Waals surface area contributed by atoms with Crippen molar-refractivity contribution in [2.45, 2.75) is 25.8 Å². The Labute approximate surface area is 128 Å². The summed E-state index contributed by atoms with van der Waals surface area (Å²) in [5.74, 6) is 0.873. The van der Waals surface area contributed by atoms with Gasteiger partial charge in [-0.25, -0.2) is 0 Å². The largest absolute Gasteiger partial charge is 0.493 e. The van der Waals surface area contributed by atoms with Crippen LogP contribution in [0.5, 0.6) is 5.75 Å². The van der Waals surface area contributed by atoms with Crippen LogP contribution in [-0.2, 0) is 6.42 Å². The first-order valence-corrected chi connectivity index (χ1v) is 7.53. The zero-order chi connectivity index (χ0) is 14.4. The second-order valence-corrected chi connectivity index (χ2v) is 5.69. The van der Waals surface area contributed by atoms with E-state index in [0.717, 1.165) is 28.6 Å². The number of nitrogens with zero attached hydrogens (tertiary/aromatic N) is 1. The van der Waals surface area contributed by atoms with E-state index in [9.17, 15) is 0 Å². The van der Waals surface area contributed by atoms with Crippen LogP contribution in [0.1, 0.15) is 30.5 Å². The van der Waals surface area contributed by atoms with E-state index >= 15 is 0 Å². The number of hydrogen-bond acceptors (Lipinski definition) is 3. The summed E-state index contributed by atoms with van der Waals surface area (Å²) in [5.41, 5.74) is 8.29. The lowest BCUT2D eigenvalue weighted by Crippen LogP contribution is -2.09. The maximum absolute atomic E-state index is 5.97. The molecule has 2 rings (SSSR count). The first-order chi connectivity index (χ1) is 9.66. The van der Waals surface area contributed by atoms with Gasteiger partial charge in [-0.15, -0.1) is 0 Å². The predicted molar refractivity (Wildman–Crippen MR) is 84.8 cm³/mol. The van der Waals surface area contributed by atoms with Crippen LogP contribution in [0.25, 0.3) is 0 Å². The number of hydrogen-bond donors (Lipinski definition) is 1. The van der Waals surface area contributed by atoms with Gasteiger partial charge in [0.2, 0.25) is 0 Å². The van der Waals surface area contributed by atoms with Crippen LogP contribution < -0.4 is 10.5 Å². The highest BCUT2D eigenvalue weighted by Gasteiger charge is 2.08. The third-order valence-electron chi connectivity index (χ3n) is 3.08. The molecule has 0 fully saturated rings. The van der Waals surface area contributed by atoms with Crippen LogP contribution in [0.4, 0.5) is 0 Å². The van der Waals surface area contributed by atoms with Gasteiger partial charge in [-0.2, -0.15) is 0 Å². The molecule has 0 aliphatic carbocycles. The SMILES string of the molecule is CC(N)c1cc(Br)ccc1OCCCc1ccncc1. The molecule has 3 nitrogen and oxygen atoms in total. The molecule has 1 atom stereocenters. The third-order valence-corrected chi connectivity index (χ3v) is 3.57. The molecule has 1 aromatic carbocycles. The standard InChI is InChI=1S/C16H19BrN2O/c1-12(18)15-11-14(17)4-5-16(15)20-10-2-3-13-6-8-19-9-7-13/h4-9,11-12H,2-3,10,18H2,1H3. The molecule has 106 valence electrons. The van der Waals surface area contributed by atoms with Gasteiger partial charge in [-0.05, 0) is 55.7 Å². The third kappa shape index (κ3) is 4.32. The molecule has 0 radical (unpaired) electrons. The molecular weight excluding hydrogens is 316 g/mol. The van der Waals surface area contributed by atoms with E-state index in [1.54, 1.807) is 0 Å². The highest BCUT2D eigenvalue weighted by molar-refractivity contribution is 9.10. The van der Waals surface area contributed by atoms with Crippen LogP contribution in [0, 0.1) is 0 Å². The number of nitrogens with two attached hydrogens (primary N) is 1. The summed E-state index contributed by atoms with van der Waals surface area (Å²) in [6.45, 7) is 2.65. The topological polar surface area (TPSA) is 48.1 Å². The Morgan fingerprint density at radius 1 is 1.25 bits per heavy atom. The minimum Gasteiger partial charge on any atom is -0.493 e. The van der Waals surface area contributed by atoms with Crippen molar-refractivity contribution in [3.05, 3.63) is 58.3 Å². The first kappa shape index (κ1) is 15.0. The number of ether oxygens (including phenoxy) is 1.